The molecule has 1 aromatic rings. The van der Waals surface area contributed by atoms with Crippen molar-refractivity contribution in [3.63, 3.8) is 0 Å². The Hall–Kier alpha value is -1.85. The highest BCUT2D eigenvalue weighted by Crippen LogP contribution is 2.53. The summed E-state index contributed by atoms with van der Waals surface area (Å²) in [6.45, 7) is 5.69. The minimum Gasteiger partial charge on any atom is -0.469 e. The fourth-order valence-corrected chi connectivity index (χ4v) is 5.17. The third kappa shape index (κ3) is 7.18. The normalized spacial score (nSPS) is 14.3. The van der Waals surface area contributed by atoms with Crippen molar-refractivity contribution >= 4 is 19.4 Å². The zero-order valence-electron chi connectivity index (χ0n) is 15.8. The van der Waals surface area contributed by atoms with Gasteiger partial charge in [0.15, 0.2) is 0 Å². The summed E-state index contributed by atoms with van der Waals surface area (Å²) < 4.78 is 28.6. The minimum absolute atomic E-state index is 0.00464. The van der Waals surface area contributed by atoms with Gasteiger partial charge in [-0.25, -0.2) is 4.79 Å². The molecule has 0 heterocycles. The maximum Gasteiger partial charge on any atom is 0.408 e. The SMILES string of the molecule is CCOP(=O)(CCC(=O)OC)C(NC(=O)OCc1ccccc1)C(C)C. The van der Waals surface area contributed by atoms with Crippen molar-refractivity contribution in [1.29, 1.82) is 0 Å². The summed E-state index contributed by atoms with van der Waals surface area (Å²) in [5, 5.41) is 2.65. The van der Waals surface area contributed by atoms with Crippen LogP contribution in [0.15, 0.2) is 30.3 Å². The maximum atomic E-state index is 13.3. The van der Waals surface area contributed by atoms with Gasteiger partial charge in [-0.1, -0.05) is 44.2 Å². The van der Waals surface area contributed by atoms with Crippen LogP contribution in [0.5, 0.6) is 0 Å². The Morgan fingerprint density at radius 3 is 2.38 bits per heavy atom. The van der Waals surface area contributed by atoms with E-state index in [4.69, 9.17) is 9.26 Å². The fraction of sp³-hybridized carbons (Fsp3) is 0.556. The Labute approximate surface area is 154 Å². The molecule has 7 nitrogen and oxygen atoms in total. The van der Waals surface area contributed by atoms with Gasteiger partial charge in [-0.2, -0.15) is 0 Å². The lowest BCUT2D eigenvalue weighted by molar-refractivity contribution is -0.140. The number of carbonyl (C=O) groups excluding carboxylic acids is 2. The number of alkyl carbamates (subject to hydrolysis) is 1. The second kappa shape index (κ2) is 11.0. The monoisotopic (exact) mass is 385 g/mol. The predicted molar refractivity (Wildman–Crippen MR) is 99.1 cm³/mol. The van der Waals surface area contributed by atoms with Crippen molar-refractivity contribution in [2.45, 2.75) is 39.6 Å². The van der Waals surface area contributed by atoms with Crippen LogP contribution in [0, 0.1) is 5.92 Å². The number of hydrogen-bond donors (Lipinski definition) is 1. The Balaban J connectivity index is 2.77. The summed E-state index contributed by atoms with van der Waals surface area (Å²) in [6.07, 6.45) is -0.724. The molecule has 2 unspecified atom stereocenters. The van der Waals surface area contributed by atoms with E-state index in [1.807, 2.05) is 44.2 Å². The molecule has 0 saturated heterocycles. The molecule has 0 aliphatic rings. The second-order valence-electron chi connectivity index (χ2n) is 6.09. The zero-order valence-corrected chi connectivity index (χ0v) is 16.7. The average Bonchev–Trinajstić information content (AvgIpc) is 2.63. The number of ether oxygens (including phenoxy) is 2. The Kier molecular flexibility index (Phi) is 9.38. The smallest absolute Gasteiger partial charge is 0.408 e. The Morgan fingerprint density at radius 2 is 1.85 bits per heavy atom. The third-order valence-electron chi connectivity index (χ3n) is 3.74. The van der Waals surface area contributed by atoms with E-state index < -0.39 is 25.2 Å². The molecule has 2 atom stereocenters. The van der Waals surface area contributed by atoms with Gasteiger partial charge in [0.2, 0.25) is 7.37 Å². The highest BCUT2D eigenvalue weighted by molar-refractivity contribution is 7.59. The lowest BCUT2D eigenvalue weighted by Crippen LogP contribution is -2.40. The first kappa shape index (κ1) is 22.2. The average molecular weight is 385 g/mol. The number of amides is 1. The van der Waals surface area contributed by atoms with Crippen LogP contribution in [0.1, 0.15) is 32.8 Å². The van der Waals surface area contributed by atoms with Crippen LogP contribution in [0.4, 0.5) is 4.79 Å². The van der Waals surface area contributed by atoms with E-state index in [0.717, 1.165) is 5.56 Å². The van der Waals surface area contributed by atoms with E-state index >= 15 is 0 Å². The molecule has 1 amide bonds. The van der Waals surface area contributed by atoms with Crippen LogP contribution in [0.2, 0.25) is 0 Å². The fourth-order valence-electron chi connectivity index (χ4n) is 2.46. The largest absolute Gasteiger partial charge is 0.469 e. The lowest BCUT2D eigenvalue weighted by atomic mass is 10.2. The van der Waals surface area contributed by atoms with Gasteiger partial charge in [-0.15, -0.1) is 0 Å². The van der Waals surface area contributed by atoms with E-state index in [-0.39, 0.29) is 31.7 Å². The minimum atomic E-state index is -3.31. The first-order chi connectivity index (χ1) is 12.3. The highest BCUT2D eigenvalue weighted by atomic mass is 31.2. The van der Waals surface area contributed by atoms with E-state index in [0.29, 0.717) is 0 Å². The van der Waals surface area contributed by atoms with Crippen molar-refractivity contribution in [3.05, 3.63) is 35.9 Å². The van der Waals surface area contributed by atoms with Gasteiger partial charge < -0.3 is 19.3 Å². The Bertz CT molecular complexity index is 619. The molecule has 146 valence electrons. The number of methoxy groups -OCH3 is 1. The quantitative estimate of drug-likeness (QED) is 0.487. The molecule has 0 spiro atoms. The molecule has 0 fully saturated rings. The molecular weight excluding hydrogens is 357 g/mol. The standard InChI is InChI=1S/C18H28NO6P/c1-5-25-26(22,12-11-16(20)23-4)17(14(2)3)19-18(21)24-13-15-9-7-6-8-10-15/h6-10,14,17H,5,11-13H2,1-4H3,(H,19,21). The van der Waals surface area contributed by atoms with Crippen LogP contribution < -0.4 is 5.32 Å². The van der Waals surface area contributed by atoms with Crippen molar-refractivity contribution in [3.8, 4) is 0 Å². The van der Waals surface area contributed by atoms with Crippen LogP contribution in [-0.2, 0) is 30.0 Å². The van der Waals surface area contributed by atoms with Crippen LogP contribution >= 0.6 is 7.37 Å². The van der Waals surface area contributed by atoms with E-state index in [1.54, 1.807) is 6.92 Å². The first-order valence-corrected chi connectivity index (χ1v) is 10.5. The Morgan fingerprint density at radius 1 is 1.19 bits per heavy atom. The summed E-state index contributed by atoms with van der Waals surface area (Å²) >= 11 is 0. The molecule has 0 saturated carbocycles. The summed E-state index contributed by atoms with van der Waals surface area (Å²) in [5.41, 5.74) is 0.849. The molecule has 1 N–H and O–H groups in total. The highest BCUT2D eigenvalue weighted by Gasteiger charge is 2.38. The predicted octanol–water partition coefficient (Wildman–Crippen LogP) is 3.77. The van der Waals surface area contributed by atoms with Crippen LogP contribution in [0.25, 0.3) is 0 Å². The molecule has 0 bridgehead atoms. The molecule has 1 rings (SSSR count). The van der Waals surface area contributed by atoms with Gasteiger partial charge in [0.05, 0.1) is 20.1 Å². The van der Waals surface area contributed by atoms with Gasteiger partial charge in [0.25, 0.3) is 0 Å². The molecule has 0 aliphatic carbocycles. The zero-order chi connectivity index (χ0) is 19.6. The van der Waals surface area contributed by atoms with Crippen LogP contribution in [-0.4, -0.2) is 37.7 Å². The second-order valence-corrected chi connectivity index (χ2v) is 8.80. The van der Waals surface area contributed by atoms with Gasteiger partial charge in [0.1, 0.15) is 12.4 Å². The van der Waals surface area contributed by atoms with Gasteiger partial charge in [-0.3, -0.25) is 9.36 Å². The van der Waals surface area contributed by atoms with E-state index in [1.165, 1.54) is 7.11 Å². The number of esters is 1. The molecule has 26 heavy (non-hydrogen) atoms. The van der Waals surface area contributed by atoms with Crippen LogP contribution in [0.3, 0.4) is 0 Å². The van der Waals surface area contributed by atoms with Gasteiger partial charge in [0, 0.05) is 6.16 Å². The molecule has 0 radical (unpaired) electrons. The lowest BCUT2D eigenvalue weighted by Gasteiger charge is -2.30. The topological polar surface area (TPSA) is 90.9 Å². The summed E-state index contributed by atoms with van der Waals surface area (Å²) in [5.74, 6) is -1.40. The number of nitrogens with one attached hydrogen (secondary N) is 1. The van der Waals surface area contributed by atoms with E-state index in [2.05, 4.69) is 10.1 Å². The number of hydrogen-bond acceptors (Lipinski definition) is 6. The van der Waals surface area contributed by atoms with Crippen molar-refractivity contribution < 1.29 is 28.2 Å². The number of benzene rings is 1. The van der Waals surface area contributed by atoms with Crippen molar-refractivity contribution in [1.82, 2.24) is 5.32 Å². The third-order valence-corrected chi connectivity index (χ3v) is 6.85. The molecule has 0 aliphatic heterocycles. The number of carbonyl (C=O) groups is 2. The van der Waals surface area contributed by atoms with Gasteiger partial charge >= 0.3 is 12.1 Å². The molecular formula is C18H28NO6P. The summed E-state index contributed by atoms with van der Waals surface area (Å²) in [6, 6.07) is 9.26. The molecule has 0 aromatic heterocycles. The van der Waals surface area contributed by atoms with Gasteiger partial charge in [-0.05, 0) is 18.4 Å². The number of rotatable bonds is 10. The summed E-state index contributed by atoms with van der Waals surface area (Å²) in [7, 11) is -2.04. The molecule has 8 heteroatoms. The van der Waals surface area contributed by atoms with Crippen molar-refractivity contribution in [2.75, 3.05) is 19.9 Å². The van der Waals surface area contributed by atoms with E-state index in [9.17, 15) is 14.2 Å². The maximum absolute atomic E-state index is 13.3. The van der Waals surface area contributed by atoms with Crippen molar-refractivity contribution in [2.24, 2.45) is 5.92 Å². The summed E-state index contributed by atoms with van der Waals surface area (Å²) in [4.78, 5) is 23.6. The molecule has 1 aromatic carbocycles. The first-order valence-electron chi connectivity index (χ1n) is 8.59.